The second-order valence-corrected chi connectivity index (χ2v) is 39.5. The zero-order chi connectivity index (χ0) is 33.0. The molecule has 6 fully saturated rings. The van der Waals surface area contributed by atoms with Crippen molar-refractivity contribution in [2.75, 3.05) is 0 Å². The molecule has 6 aliphatic rings. The first-order valence-corrected chi connectivity index (χ1v) is 32.3. The van der Waals surface area contributed by atoms with Gasteiger partial charge in [-0.3, -0.25) is 0 Å². The average Bonchev–Trinajstić information content (AvgIpc) is 3.14. The molecule has 47 heavy (non-hydrogen) atoms. The maximum atomic E-state index is 8.06. The van der Waals surface area contributed by atoms with Crippen LogP contribution in [0.5, 0.6) is 0 Å². The minimum atomic E-state index is -3.35. The third-order valence-corrected chi connectivity index (χ3v) is 44.9. The van der Waals surface area contributed by atoms with E-state index in [0.717, 1.165) is 39.4 Å². The molecule has 0 aliphatic heterocycles. The van der Waals surface area contributed by atoms with E-state index < -0.39 is 26.9 Å². The maximum absolute atomic E-state index is 8.06. The van der Waals surface area contributed by atoms with Crippen molar-refractivity contribution < 1.29 is 12.3 Å². The Hall–Kier alpha value is 1.71. The predicted molar refractivity (Wildman–Crippen MR) is 218 cm³/mol. The zero-order valence-corrected chi connectivity index (χ0v) is 36.3. The molecule has 0 radical (unpaired) electrons. The second-order valence-electron chi connectivity index (χ2n) is 18.5. The van der Waals surface area contributed by atoms with Crippen LogP contribution >= 0.6 is 33.9 Å². The number of hydrogen-bond acceptors (Lipinski definition) is 0. The molecule has 0 N–H and O–H groups in total. The van der Waals surface area contributed by atoms with Gasteiger partial charge in [0.2, 0.25) is 0 Å². The predicted octanol–water partition coefficient (Wildman–Crippen LogP) is 15.1. The molecular formula is C42H77Cl2P2Ru. The van der Waals surface area contributed by atoms with Gasteiger partial charge >= 0.3 is 307 Å². The summed E-state index contributed by atoms with van der Waals surface area (Å²) in [5.74, 6) is 0. The molecule has 0 aromatic rings. The summed E-state index contributed by atoms with van der Waals surface area (Å²) < 4.78 is 3.62. The third kappa shape index (κ3) is 7.45. The van der Waals surface area contributed by atoms with Gasteiger partial charge in [-0.2, -0.15) is 0 Å². The van der Waals surface area contributed by atoms with Crippen LogP contribution in [0.3, 0.4) is 0 Å². The molecule has 0 saturated heterocycles. The van der Waals surface area contributed by atoms with Crippen molar-refractivity contribution in [3.8, 4) is 0 Å². The summed E-state index contributed by atoms with van der Waals surface area (Å²) in [7, 11) is 12.1. The molecule has 0 heterocycles. The molecule has 0 aromatic heterocycles. The molecular weight excluding hydrogens is 738 g/mol. The number of rotatable bonds is 10. The van der Waals surface area contributed by atoms with Gasteiger partial charge in [0.15, 0.2) is 0 Å². The fourth-order valence-corrected chi connectivity index (χ4v) is 48.6. The van der Waals surface area contributed by atoms with E-state index in [1.165, 1.54) is 116 Å². The van der Waals surface area contributed by atoms with E-state index in [9.17, 15) is 0 Å². The Labute approximate surface area is 305 Å². The van der Waals surface area contributed by atoms with Gasteiger partial charge in [-0.1, -0.05) is 0 Å². The Morgan fingerprint density at radius 3 is 0.809 bits per heavy atom. The molecule has 0 nitrogen and oxygen atoms in total. The van der Waals surface area contributed by atoms with Crippen molar-refractivity contribution in [3.63, 3.8) is 0 Å². The van der Waals surface area contributed by atoms with Crippen LogP contribution in [0.2, 0.25) is 4.01 Å². The Kier molecular flexibility index (Phi) is 14.1. The van der Waals surface area contributed by atoms with Crippen LogP contribution in [0.25, 0.3) is 0 Å². The summed E-state index contributed by atoms with van der Waals surface area (Å²) >= 11 is -3.35. The van der Waals surface area contributed by atoms with Gasteiger partial charge < -0.3 is 0 Å². The molecule has 277 valence electrons. The fraction of sp³-hybridized carbons (Fsp3) is 0.952. The van der Waals surface area contributed by atoms with Gasteiger partial charge in [0.05, 0.1) is 0 Å². The summed E-state index contributed by atoms with van der Waals surface area (Å²) in [6.07, 6.45) is 45.9. The van der Waals surface area contributed by atoms with Crippen molar-refractivity contribution >= 4 is 38.2 Å². The monoisotopic (exact) mass is 815 g/mol. The summed E-state index contributed by atoms with van der Waals surface area (Å²) in [4.78, 5) is 0. The van der Waals surface area contributed by atoms with Gasteiger partial charge in [-0.15, -0.1) is 0 Å². The first-order chi connectivity index (χ1) is 22.8. The topological polar surface area (TPSA) is 0 Å². The van der Waals surface area contributed by atoms with Crippen LogP contribution in [0.15, 0.2) is 6.58 Å². The summed E-state index contributed by atoms with van der Waals surface area (Å²) in [5.41, 5.74) is 6.18. The number of halogens is 2. The normalized spacial score (nSPS) is 28.9. The zero-order valence-electron chi connectivity index (χ0n) is 31.1. The molecule has 0 amide bonds. The van der Waals surface area contributed by atoms with Crippen molar-refractivity contribution in [1.82, 2.24) is 0 Å². The van der Waals surface area contributed by atoms with Gasteiger partial charge in [-0.25, -0.2) is 0 Å². The van der Waals surface area contributed by atoms with E-state index in [4.69, 9.17) is 19.4 Å². The molecule has 0 unspecified atom stereocenters. The third-order valence-electron chi connectivity index (χ3n) is 16.3. The standard InChI is InChI=1S/C40H75P2.C2H2.2ClH.Ru/c1-33(2)40(41(34-21-9-3-10-22-34,35-23-11-4-12-24-35)36-25-13-5-14-26-36)42(37-27-15-6-16-28-37,38-29-17-7-18-30-38)39-31-19-8-20-32-39;1-2;;;/h34-42H,3-32H2,1-2H3;1H2;2*1H;/q;;;;+2/p-2. The molecule has 0 spiro atoms. The van der Waals surface area contributed by atoms with E-state index in [1.54, 1.807) is 77.0 Å². The van der Waals surface area contributed by atoms with Crippen LogP contribution in [0.4, 0.5) is 0 Å². The summed E-state index contributed by atoms with van der Waals surface area (Å²) in [6.45, 7) is 9.93. The van der Waals surface area contributed by atoms with Crippen LogP contribution in [0.1, 0.15) is 206 Å². The fourth-order valence-electron chi connectivity index (χ4n) is 14.9. The average molecular weight is 816 g/mol. The van der Waals surface area contributed by atoms with Crippen molar-refractivity contribution in [2.45, 2.75) is 250 Å². The van der Waals surface area contributed by atoms with E-state index in [0.29, 0.717) is 0 Å². The van der Waals surface area contributed by atoms with Crippen LogP contribution < -0.4 is 0 Å². The quantitative estimate of drug-likeness (QED) is 0.152. The molecule has 5 heteroatoms. The molecule has 0 bridgehead atoms. The van der Waals surface area contributed by atoms with Gasteiger partial charge in [-0.05, 0) is 0 Å². The van der Waals surface area contributed by atoms with Crippen molar-refractivity contribution in [3.05, 3.63) is 6.58 Å². The first-order valence-electron chi connectivity index (χ1n) is 21.5. The second kappa shape index (κ2) is 17.2. The van der Waals surface area contributed by atoms with Gasteiger partial charge in [0.25, 0.3) is 0 Å². The molecule has 6 rings (SSSR count). The SMILES string of the molecule is C=[C]=[Ru]([Cl])([Cl])[C](C)(C)C([PH](C1CCCCC1)(C1CCCCC1)C1CCCCC1)[PH](C1CCCCC1)(C1CCCCC1)C1CCCCC1. The van der Waals surface area contributed by atoms with Crippen molar-refractivity contribution in [1.29, 1.82) is 0 Å². The summed E-state index contributed by atoms with van der Waals surface area (Å²) in [5, 5.41) is 0.891. The van der Waals surface area contributed by atoms with E-state index in [-0.39, 0.29) is 4.01 Å². The van der Waals surface area contributed by atoms with Gasteiger partial charge in [0, 0.05) is 0 Å². The summed E-state index contributed by atoms with van der Waals surface area (Å²) in [6, 6.07) is 0. The van der Waals surface area contributed by atoms with Crippen LogP contribution in [-0.4, -0.2) is 43.6 Å². The number of hydrogen-bond donors (Lipinski definition) is 0. The van der Waals surface area contributed by atoms with Crippen LogP contribution in [-0.2, 0) is 12.3 Å². The van der Waals surface area contributed by atoms with E-state index in [2.05, 4.69) is 24.7 Å². The molecule has 6 aliphatic carbocycles. The van der Waals surface area contributed by atoms with Gasteiger partial charge in [0.1, 0.15) is 0 Å². The Morgan fingerprint density at radius 2 is 0.638 bits per heavy atom. The van der Waals surface area contributed by atoms with E-state index >= 15 is 0 Å². The molecule has 0 atom stereocenters. The van der Waals surface area contributed by atoms with Crippen molar-refractivity contribution in [2.24, 2.45) is 0 Å². The first kappa shape index (κ1) is 38.4. The van der Waals surface area contributed by atoms with Crippen LogP contribution in [0, 0.1) is 0 Å². The Balaban J connectivity index is 1.73. The Morgan fingerprint density at radius 1 is 0.447 bits per heavy atom. The van der Waals surface area contributed by atoms with E-state index in [1.807, 2.05) is 0 Å². The Bertz CT molecular complexity index is 887. The minimum absolute atomic E-state index is 0.00164. The molecule has 0 aromatic carbocycles. The molecule has 6 saturated carbocycles.